The first-order chi connectivity index (χ1) is 10.0. The van der Waals surface area contributed by atoms with Crippen LogP contribution in [0, 0.1) is 6.92 Å². The summed E-state index contributed by atoms with van der Waals surface area (Å²) in [6.07, 6.45) is 2.46. The van der Waals surface area contributed by atoms with Gasteiger partial charge in [0, 0.05) is 13.2 Å². The monoisotopic (exact) mass is 287 g/mol. The van der Waals surface area contributed by atoms with Crippen LogP contribution in [0.5, 0.6) is 0 Å². The average molecular weight is 287 g/mol. The van der Waals surface area contributed by atoms with Gasteiger partial charge in [-0.2, -0.15) is 0 Å². The number of rotatable bonds is 4. The molecule has 1 aromatic heterocycles. The lowest BCUT2D eigenvalue weighted by molar-refractivity contribution is -0.121. The van der Waals surface area contributed by atoms with Crippen LogP contribution < -0.4 is 5.32 Å². The van der Waals surface area contributed by atoms with Crippen LogP contribution in [0.25, 0.3) is 11.0 Å². The predicted molar refractivity (Wildman–Crippen MR) is 81.1 cm³/mol. The first-order valence-electron chi connectivity index (χ1n) is 7.40. The Balaban J connectivity index is 1.60. The number of carbonyl (C=O) groups excluding carboxylic acids is 1. The fourth-order valence-electron chi connectivity index (χ4n) is 2.80. The zero-order valence-electron chi connectivity index (χ0n) is 12.5. The van der Waals surface area contributed by atoms with Gasteiger partial charge in [-0.25, -0.2) is 4.98 Å². The smallest absolute Gasteiger partial charge is 0.224 e. The molecule has 0 aliphatic carbocycles. The molecular weight excluding hydrogens is 266 g/mol. The maximum Gasteiger partial charge on any atom is 0.224 e. The largest absolute Gasteiger partial charge is 0.373 e. The molecule has 21 heavy (non-hydrogen) atoms. The van der Waals surface area contributed by atoms with E-state index in [0.717, 1.165) is 41.9 Å². The SMILES string of the molecule is Cc1nc2ccc(CC(=O)NC[C@@]3(C)CCCO3)cc2[nH]1. The van der Waals surface area contributed by atoms with Gasteiger partial charge in [0.05, 0.1) is 23.1 Å². The number of carbonyl (C=O) groups is 1. The van der Waals surface area contributed by atoms with Crippen molar-refractivity contribution in [2.45, 2.75) is 38.7 Å². The third kappa shape index (κ3) is 3.24. The van der Waals surface area contributed by atoms with Crippen LogP contribution in [0.2, 0.25) is 0 Å². The number of nitrogens with zero attached hydrogens (tertiary/aromatic N) is 1. The van der Waals surface area contributed by atoms with Crippen LogP contribution in [-0.2, 0) is 16.0 Å². The Morgan fingerprint density at radius 1 is 1.52 bits per heavy atom. The van der Waals surface area contributed by atoms with Crippen LogP contribution in [0.15, 0.2) is 18.2 Å². The summed E-state index contributed by atoms with van der Waals surface area (Å²) in [5.41, 5.74) is 2.70. The minimum Gasteiger partial charge on any atom is -0.373 e. The van der Waals surface area contributed by atoms with Crippen molar-refractivity contribution in [3.8, 4) is 0 Å². The number of aromatic nitrogens is 2. The molecule has 2 heterocycles. The van der Waals surface area contributed by atoms with Crippen molar-refractivity contribution in [2.24, 2.45) is 0 Å². The van der Waals surface area contributed by atoms with Gasteiger partial charge in [-0.05, 0) is 44.4 Å². The quantitative estimate of drug-likeness (QED) is 0.905. The first kappa shape index (κ1) is 14.1. The Kier molecular flexibility index (Phi) is 3.68. The summed E-state index contributed by atoms with van der Waals surface area (Å²) >= 11 is 0. The van der Waals surface area contributed by atoms with E-state index in [1.54, 1.807) is 0 Å². The number of hydrogen-bond donors (Lipinski definition) is 2. The number of aromatic amines is 1. The van der Waals surface area contributed by atoms with Gasteiger partial charge >= 0.3 is 0 Å². The molecule has 2 aromatic rings. The fraction of sp³-hybridized carbons (Fsp3) is 0.500. The van der Waals surface area contributed by atoms with Crippen LogP contribution in [0.3, 0.4) is 0 Å². The summed E-state index contributed by atoms with van der Waals surface area (Å²) in [6.45, 7) is 5.36. The van der Waals surface area contributed by atoms with E-state index in [1.807, 2.05) is 25.1 Å². The number of amides is 1. The lowest BCUT2D eigenvalue weighted by Gasteiger charge is -2.23. The molecule has 1 aliphatic rings. The highest BCUT2D eigenvalue weighted by atomic mass is 16.5. The molecule has 5 nitrogen and oxygen atoms in total. The summed E-state index contributed by atoms with van der Waals surface area (Å²) in [6, 6.07) is 5.89. The van der Waals surface area contributed by atoms with Crippen molar-refractivity contribution >= 4 is 16.9 Å². The fourth-order valence-corrected chi connectivity index (χ4v) is 2.80. The molecule has 0 bridgehead atoms. The Bertz CT molecular complexity index is 657. The van der Waals surface area contributed by atoms with Gasteiger partial charge in [-0.15, -0.1) is 0 Å². The molecule has 0 unspecified atom stereocenters. The summed E-state index contributed by atoms with van der Waals surface area (Å²) in [7, 11) is 0. The number of benzene rings is 1. The Morgan fingerprint density at radius 3 is 3.14 bits per heavy atom. The maximum absolute atomic E-state index is 12.1. The summed E-state index contributed by atoms with van der Waals surface area (Å²) in [4.78, 5) is 19.6. The highest BCUT2D eigenvalue weighted by Gasteiger charge is 2.29. The molecule has 1 aromatic carbocycles. The van der Waals surface area contributed by atoms with Gasteiger partial charge in [0.25, 0.3) is 0 Å². The second-order valence-corrected chi connectivity index (χ2v) is 6.03. The van der Waals surface area contributed by atoms with E-state index < -0.39 is 0 Å². The van der Waals surface area contributed by atoms with Crippen molar-refractivity contribution in [1.29, 1.82) is 0 Å². The van der Waals surface area contributed by atoms with Crippen LogP contribution in [0.4, 0.5) is 0 Å². The zero-order chi connectivity index (χ0) is 14.9. The molecular formula is C16H21N3O2. The number of fused-ring (bicyclic) bond motifs is 1. The standard InChI is InChI=1S/C16H21N3O2/c1-11-18-13-5-4-12(8-14(13)19-11)9-15(20)17-10-16(2)6-3-7-21-16/h4-5,8H,3,6-7,9-10H2,1-2H3,(H,17,20)(H,18,19)/t16-/m1/s1. The number of hydrogen-bond acceptors (Lipinski definition) is 3. The summed E-state index contributed by atoms with van der Waals surface area (Å²) < 4.78 is 5.67. The van der Waals surface area contributed by atoms with E-state index in [2.05, 4.69) is 22.2 Å². The molecule has 1 saturated heterocycles. The molecule has 3 rings (SSSR count). The predicted octanol–water partition coefficient (Wildman–Crippen LogP) is 2.10. The second kappa shape index (κ2) is 5.48. The van der Waals surface area contributed by atoms with Gasteiger partial charge in [-0.1, -0.05) is 6.07 Å². The number of nitrogens with one attached hydrogen (secondary N) is 2. The highest BCUT2D eigenvalue weighted by molar-refractivity contribution is 5.81. The van der Waals surface area contributed by atoms with E-state index in [1.165, 1.54) is 0 Å². The van der Waals surface area contributed by atoms with Crippen LogP contribution in [0.1, 0.15) is 31.2 Å². The van der Waals surface area contributed by atoms with Crippen LogP contribution >= 0.6 is 0 Å². The minimum absolute atomic E-state index is 0.0299. The lowest BCUT2D eigenvalue weighted by atomic mass is 10.0. The number of aryl methyl sites for hydroxylation is 1. The number of H-pyrrole nitrogens is 1. The molecule has 0 radical (unpaired) electrons. The van der Waals surface area contributed by atoms with E-state index in [-0.39, 0.29) is 11.5 Å². The minimum atomic E-state index is -0.194. The Labute approximate surface area is 124 Å². The van der Waals surface area contributed by atoms with Gasteiger partial charge in [0.15, 0.2) is 0 Å². The van der Waals surface area contributed by atoms with Crippen molar-refractivity contribution in [1.82, 2.24) is 15.3 Å². The second-order valence-electron chi connectivity index (χ2n) is 6.03. The first-order valence-corrected chi connectivity index (χ1v) is 7.40. The molecule has 1 amide bonds. The van der Waals surface area contributed by atoms with Crippen molar-refractivity contribution < 1.29 is 9.53 Å². The molecule has 2 N–H and O–H groups in total. The van der Waals surface area contributed by atoms with Crippen molar-refractivity contribution in [3.63, 3.8) is 0 Å². The Hall–Kier alpha value is -1.88. The zero-order valence-corrected chi connectivity index (χ0v) is 12.5. The topological polar surface area (TPSA) is 67.0 Å². The third-order valence-corrected chi connectivity index (χ3v) is 3.99. The molecule has 5 heteroatoms. The van der Waals surface area contributed by atoms with E-state index in [4.69, 9.17) is 4.74 Å². The van der Waals surface area contributed by atoms with E-state index in [0.29, 0.717) is 13.0 Å². The molecule has 1 atom stereocenters. The van der Waals surface area contributed by atoms with Crippen molar-refractivity contribution in [2.75, 3.05) is 13.2 Å². The van der Waals surface area contributed by atoms with E-state index >= 15 is 0 Å². The molecule has 112 valence electrons. The van der Waals surface area contributed by atoms with E-state index in [9.17, 15) is 4.79 Å². The number of imidazole rings is 1. The molecule has 1 aliphatic heterocycles. The van der Waals surface area contributed by atoms with Crippen molar-refractivity contribution in [3.05, 3.63) is 29.6 Å². The number of ether oxygens (including phenoxy) is 1. The Morgan fingerprint density at radius 2 is 2.38 bits per heavy atom. The highest BCUT2D eigenvalue weighted by Crippen LogP contribution is 2.23. The van der Waals surface area contributed by atoms with Gasteiger partial charge < -0.3 is 15.0 Å². The van der Waals surface area contributed by atoms with Gasteiger partial charge in [-0.3, -0.25) is 4.79 Å². The molecule has 1 fully saturated rings. The molecule has 0 saturated carbocycles. The normalized spacial score (nSPS) is 21.8. The van der Waals surface area contributed by atoms with Crippen LogP contribution in [-0.4, -0.2) is 34.6 Å². The summed E-state index contributed by atoms with van der Waals surface area (Å²) in [5.74, 6) is 0.917. The average Bonchev–Trinajstić information content (AvgIpc) is 3.02. The maximum atomic E-state index is 12.1. The molecule has 0 spiro atoms. The van der Waals surface area contributed by atoms with Gasteiger partial charge in [0.1, 0.15) is 5.82 Å². The summed E-state index contributed by atoms with van der Waals surface area (Å²) in [5, 5.41) is 2.98. The third-order valence-electron chi connectivity index (χ3n) is 3.99. The van der Waals surface area contributed by atoms with Gasteiger partial charge in [0.2, 0.25) is 5.91 Å². The lowest BCUT2D eigenvalue weighted by Crippen LogP contribution is -2.40.